The second-order valence-corrected chi connectivity index (χ2v) is 9.57. The zero-order valence-electron chi connectivity index (χ0n) is 14.9. The molecule has 0 spiro atoms. The molecule has 1 atom stereocenters. The second-order valence-electron chi connectivity index (χ2n) is 6.47. The standard InChI is InChI=1S/C18H21N3O4S2/c1-2-21-9-8-13-14(10-21)26-18(16(13)17(19)23)20-15(22)11-27(24,25)12-6-4-3-5-7-12/h3-7H,2,8-11H2,1H3,(H2,19,23)(H,20,22)/p+1. The number of carbonyl (C=O) groups excluding carboxylic acids is 2. The van der Waals surface area contributed by atoms with Crippen LogP contribution in [0.25, 0.3) is 0 Å². The van der Waals surface area contributed by atoms with E-state index in [-0.39, 0.29) is 4.90 Å². The highest BCUT2D eigenvalue weighted by Crippen LogP contribution is 2.34. The Morgan fingerprint density at radius 3 is 2.59 bits per heavy atom. The molecule has 0 aliphatic carbocycles. The molecule has 9 heteroatoms. The van der Waals surface area contributed by atoms with Crippen molar-refractivity contribution in [2.75, 3.05) is 24.2 Å². The number of primary amides is 1. The van der Waals surface area contributed by atoms with E-state index in [1.165, 1.54) is 28.4 Å². The number of hydrogen-bond acceptors (Lipinski definition) is 5. The number of sulfone groups is 1. The molecule has 144 valence electrons. The van der Waals surface area contributed by atoms with Crippen LogP contribution in [-0.4, -0.2) is 39.1 Å². The molecule has 2 amide bonds. The first kappa shape index (κ1) is 19.5. The van der Waals surface area contributed by atoms with Crippen LogP contribution in [0.15, 0.2) is 35.2 Å². The number of nitrogens with one attached hydrogen (secondary N) is 2. The van der Waals surface area contributed by atoms with Gasteiger partial charge in [0.2, 0.25) is 5.91 Å². The highest BCUT2D eigenvalue weighted by atomic mass is 32.2. The number of fused-ring (bicyclic) bond motifs is 1. The molecule has 1 aromatic carbocycles. The first-order valence-electron chi connectivity index (χ1n) is 8.67. The highest BCUT2D eigenvalue weighted by molar-refractivity contribution is 7.92. The number of rotatable bonds is 6. The number of nitrogens with two attached hydrogens (primary N) is 1. The molecule has 0 radical (unpaired) electrons. The molecule has 27 heavy (non-hydrogen) atoms. The lowest BCUT2D eigenvalue weighted by molar-refractivity contribution is -0.913. The third-order valence-corrected chi connectivity index (χ3v) is 7.43. The Kier molecular flexibility index (Phi) is 5.64. The Balaban J connectivity index is 1.82. The van der Waals surface area contributed by atoms with Crippen LogP contribution >= 0.6 is 11.3 Å². The van der Waals surface area contributed by atoms with Gasteiger partial charge in [0.15, 0.2) is 9.84 Å². The van der Waals surface area contributed by atoms with Crippen LogP contribution < -0.4 is 16.0 Å². The summed E-state index contributed by atoms with van der Waals surface area (Å²) in [5, 5.41) is 2.94. The van der Waals surface area contributed by atoms with Crippen molar-refractivity contribution in [2.24, 2.45) is 5.73 Å². The molecule has 2 aromatic rings. The molecule has 0 saturated heterocycles. The van der Waals surface area contributed by atoms with Gasteiger partial charge in [0.05, 0.1) is 28.4 Å². The molecule has 4 N–H and O–H groups in total. The Hall–Kier alpha value is -2.23. The smallest absolute Gasteiger partial charge is 0.252 e. The summed E-state index contributed by atoms with van der Waals surface area (Å²) in [6.45, 7) is 4.74. The summed E-state index contributed by atoms with van der Waals surface area (Å²) in [4.78, 5) is 26.8. The van der Waals surface area contributed by atoms with E-state index in [2.05, 4.69) is 12.2 Å². The Bertz CT molecular complexity index is 968. The average Bonchev–Trinajstić information content (AvgIpc) is 2.98. The molecule has 1 aliphatic rings. The van der Waals surface area contributed by atoms with Gasteiger partial charge in [-0.25, -0.2) is 8.42 Å². The first-order valence-corrected chi connectivity index (χ1v) is 11.1. The van der Waals surface area contributed by atoms with E-state index in [1.54, 1.807) is 18.2 Å². The molecule has 1 unspecified atom stereocenters. The highest BCUT2D eigenvalue weighted by Gasteiger charge is 2.30. The Morgan fingerprint density at radius 1 is 1.26 bits per heavy atom. The van der Waals surface area contributed by atoms with Gasteiger partial charge in [-0.2, -0.15) is 0 Å². The number of amides is 2. The molecule has 3 rings (SSSR count). The minimum Gasteiger partial charge on any atom is -0.365 e. The fourth-order valence-electron chi connectivity index (χ4n) is 3.23. The van der Waals surface area contributed by atoms with Crippen molar-refractivity contribution in [1.82, 2.24) is 0 Å². The first-order chi connectivity index (χ1) is 12.8. The van der Waals surface area contributed by atoms with Crippen LogP contribution in [0.1, 0.15) is 27.7 Å². The van der Waals surface area contributed by atoms with Gasteiger partial charge < -0.3 is 16.0 Å². The maximum absolute atomic E-state index is 12.4. The maximum atomic E-state index is 12.4. The maximum Gasteiger partial charge on any atom is 0.252 e. The van der Waals surface area contributed by atoms with E-state index >= 15 is 0 Å². The summed E-state index contributed by atoms with van der Waals surface area (Å²) in [5.41, 5.74) is 6.73. The minimum absolute atomic E-state index is 0.0861. The van der Waals surface area contributed by atoms with E-state index in [9.17, 15) is 18.0 Å². The molecule has 2 heterocycles. The van der Waals surface area contributed by atoms with Crippen LogP contribution in [0.4, 0.5) is 5.00 Å². The van der Waals surface area contributed by atoms with Gasteiger partial charge in [0.25, 0.3) is 5.91 Å². The number of anilines is 1. The number of hydrogen-bond donors (Lipinski definition) is 3. The largest absolute Gasteiger partial charge is 0.365 e. The lowest BCUT2D eigenvalue weighted by Gasteiger charge is -2.22. The van der Waals surface area contributed by atoms with Crippen molar-refractivity contribution in [3.8, 4) is 0 Å². The van der Waals surface area contributed by atoms with E-state index in [0.717, 1.165) is 30.1 Å². The van der Waals surface area contributed by atoms with Gasteiger partial charge >= 0.3 is 0 Å². The number of carbonyl (C=O) groups is 2. The van der Waals surface area contributed by atoms with Crippen molar-refractivity contribution < 1.29 is 22.9 Å². The fraction of sp³-hybridized carbons (Fsp3) is 0.333. The van der Waals surface area contributed by atoms with E-state index in [0.29, 0.717) is 17.0 Å². The second kappa shape index (κ2) is 7.79. The molecular weight excluding hydrogens is 386 g/mol. The lowest BCUT2D eigenvalue weighted by atomic mass is 10.0. The van der Waals surface area contributed by atoms with Gasteiger partial charge in [-0.15, -0.1) is 11.3 Å². The quantitative estimate of drug-likeness (QED) is 0.635. The molecule has 7 nitrogen and oxygen atoms in total. The van der Waals surface area contributed by atoms with Gasteiger partial charge in [-0.3, -0.25) is 9.59 Å². The number of likely N-dealkylation sites (N-methyl/N-ethyl adjacent to an activating group) is 1. The van der Waals surface area contributed by atoms with Crippen molar-refractivity contribution in [1.29, 1.82) is 0 Å². The van der Waals surface area contributed by atoms with Crippen molar-refractivity contribution >= 4 is 38.0 Å². The third kappa shape index (κ3) is 4.20. The Labute approximate surface area is 162 Å². The van der Waals surface area contributed by atoms with E-state index in [4.69, 9.17) is 5.73 Å². The molecule has 0 fully saturated rings. The monoisotopic (exact) mass is 408 g/mol. The van der Waals surface area contributed by atoms with Crippen LogP contribution in [0, 0.1) is 0 Å². The van der Waals surface area contributed by atoms with E-state index < -0.39 is 27.4 Å². The molecule has 0 bridgehead atoms. The normalized spacial score (nSPS) is 16.6. The summed E-state index contributed by atoms with van der Waals surface area (Å²) in [6.07, 6.45) is 0.714. The van der Waals surface area contributed by atoms with Crippen LogP contribution in [0.2, 0.25) is 0 Å². The van der Waals surface area contributed by atoms with Gasteiger partial charge in [0, 0.05) is 6.42 Å². The predicted molar refractivity (Wildman–Crippen MR) is 104 cm³/mol. The van der Waals surface area contributed by atoms with Gasteiger partial charge in [-0.1, -0.05) is 18.2 Å². The Morgan fingerprint density at radius 2 is 1.96 bits per heavy atom. The van der Waals surface area contributed by atoms with Crippen LogP contribution in [0.5, 0.6) is 0 Å². The fourth-order valence-corrected chi connectivity index (χ4v) is 5.73. The zero-order chi connectivity index (χ0) is 19.6. The van der Waals surface area contributed by atoms with Crippen LogP contribution in [-0.2, 0) is 27.6 Å². The SMILES string of the molecule is CC[NH+]1CCc2c(sc(NC(=O)CS(=O)(=O)c3ccccc3)c2C(N)=O)C1. The zero-order valence-corrected chi connectivity index (χ0v) is 16.6. The molecular formula is C18H22N3O4S2+. The summed E-state index contributed by atoms with van der Waals surface area (Å²) in [7, 11) is -3.76. The van der Waals surface area contributed by atoms with E-state index in [1.807, 2.05) is 0 Å². The van der Waals surface area contributed by atoms with Gasteiger partial charge in [0.1, 0.15) is 17.3 Å². The summed E-state index contributed by atoms with van der Waals surface area (Å²) in [6, 6.07) is 7.80. The topological polar surface area (TPSA) is 111 Å². The molecule has 0 saturated carbocycles. The van der Waals surface area contributed by atoms with Crippen molar-refractivity contribution in [3.63, 3.8) is 0 Å². The van der Waals surface area contributed by atoms with Crippen molar-refractivity contribution in [3.05, 3.63) is 46.3 Å². The van der Waals surface area contributed by atoms with Crippen LogP contribution in [0.3, 0.4) is 0 Å². The summed E-state index contributed by atoms with van der Waals surface area (Å²) < 4.78 is 24.8. The van der Waals surface area contributed by atoms with Gasteiger partial charge in [-0.05, 0) is 24.6 Å². The number of quaternary nitrogens is 1. The lowest BCUT2D eigenvalue weighted by Crippen LogP contribution is -3.11. The summed E-state index contributed by atoms with van der Waals surface area (Å²) in [5.74, 6) is -1.97. The third-order valence-electron chi connectivity index (χ3n) is 4.65. The average molecular weight is 409 g/mol. The summed E-state index contributed by atoms with van der Waals surface area (Å²) >= 11 is 1.31. The predicted octanol–water partition coefficient (Wildman–Crippen LogP) is 0.220. The minimum atomic E-state index is -3.76. The molecule has 1 aliphatic heterocycles. The number of thiophene rings is 1. The molecule has 1 aromatic heterocycles. The van der Waals surface area contributed by atoms with Crippen molar-refractivity contribution in [2.45, 2.75) is 24.8 Å². The number of benzene rings is 1.